The molecule has 1 atom stereocenters. The van der Waals surface area contributed by atoms with Crippen molar-refractivity contribution < 1.29 is 28.8 Å². The maximum absolute atomic E-state index is 13.9. The molecule has 3 aromatic carbocycles. The van der Waals surface area contributed by atoms with Gasteiger partial charge in [-0.15, -0.1) is 0 Å². The van der Waals surface area contributed by atoms with Crippen LogP contribution in [-0.4, -0.2) is 42.6 Å². The molecule has 0 fully saturated rings. The van der Waals surface area contributed by atoms with E-state index in [2.05, 4.69) is 4.99 Å². The summed E-state index contributed by atoms with van der Waals surface area (Å²) < 4.78 is 23.9. The second kappa shape index (κ2) is 13.5. The van der Waals surface area contributed by atoms with Crippen LogP contribution in [0.2, 0.25) is 0 Å². The third kappa shape index (κ3) is 6.71. The number of aromatic nitrogens is 1. The molecular formula is C33H32N2O7S. The Morgan fingerprint density at radius 3 is 2.53 bits per heavy atom. The topological polar surface area (TPSA) is 109 Å². The maximum atomic E-state index is 13.9. The third-order valence-electron chi connectivity index (χ3n) is 6.79. The maximum Gasteiger partial charge on any atom is 0.338 e. The highest BCUT2D eigenvalue weighted by Gasteiger charge is 2.33. The number of aromatic hydroxyl groups is 1. The molecule has 0 saturated carbocycles. The molecule has 0 bridgehead atoms. The number of benzene rings is 3. The Balaban J connectivity index is 1.55. The van der Waals surface area contributed by atoms with Crippen LogP contribution in [0.4, 0.5) is 0 Å². The Bertz CT molecular complexity index is 1810. The number of esters is 1. The third-order valence-corrected chi connectivity index (χ3v) is 7.77. The van der Waals surface area contributed by atoms with Crippen molar-refractivity contribution in [2.24, 2.45) is 4.99 Å². The fourth-order valence-corrected chi connectivity index (χ4v) is 5.77. The fourth-order valence-electron chi connectivity index (χ4n) is 4.72. The lowest BCUT2D eigenvalue weighted by Crippen LogP contribution is -2.40. The molecule has 43 heavy (non-hydrogen) atoms. The molecule has 222 valence electrons. The Morgan fingerprint density at radius 2 is 1.81 bits per heavy atom. The number of hydrogen-bond acceptors (Lipinski definition) is 9. The number of methoxy groups -OCH3 is 1. The van der Waals surface area contributed by atoms with Gasteiger partial charge in [-0.1, -0.05) is 59.9 Å². The first kappa shape index (κ1) is 29.8. The first-order valence-corrected chi connectivity index (χ1v) is 14.6. The normalized spacial score (nSPS) is 14.7. The van der Waals surface area contributed by atoms with Crippen molar-refractivity contribution in [1.82, 2.24) is 4.57 Å². The number of thiazole rings is 1. The first-order valence-electron chi connectivity index (χ1n) is 13.8. The van der Waals surface area contributed by atoms with Crippen LogP contribution < -0.4 is 24.4 Å². The van der Waals surface area contributed by atoms with Gasteiger partial charge in [-0.2, -0.15) is 0 Å². The van der Waals surface area contributed by atoms with E-state index in [4.69, 9.17) is 18.9 Å². The van der Waals surface area contributed by atoms with Gasteiger partial charge in [-0.25, -0.2) is 9.79 Å². The summed E-state index contributed by atoms with van der Waals surface area (Å²) in [7, 11) is 1.53. The zero-order chi connectivity index (χ0) is 30.3. The Hall–Kier alpha value is -4.67. The van der Waals surface area contributed by atoms with E-state index in [0.717, 1.165) is 5.56 Å². The number of allylic oxidation sites excluding steroid dienone is 1. The van der Waals surface area contributed by atoms with Crippen molar-refractivity contribution in [3.63, 3.8) is 0 Å². The number of fused-ring (bicyclic) bond motifs is 1. The SMILES string of the molecule is CCOc1cc(/C=c2\sc3n(c2=O)C(c2ccc(OCc4ccccc4)cc2)C(C(=O)OCCOC)=C(C)N=3)ccc1O. The molecule has 0 aliphatic carbocycles. The number of rotatable bonds is 11. The van der Waals surface area contributed by atoms with Gasteiger partial charge in [0.05, 0.1) is 35.1 Å². The van der Waals surface area contributed by atoms with E-state index in [9.17, 15) is 14.7 Å². The van der Waals surface area contributed by atoms with Crippen molar-refractivity contribution in [3.05, 3.63) is 120 Å². The molecule has 1 unspecified atom stereocenters. The Morgan fingerprint density at radius 1 is 1.05 bits per heavy atom. The molecule has 10 heteroatoms. The predicted molar refractivity (Wildman–Crippen MR) is 163 cm³/mol. The van der Waals surface area contributed by atoms with E-state index < -0.39 is 12.0 Å². The standard InChI is InChI=1S/C33H32N2O7S/c1-4-40-27-18-23(10-15-26(27)36)19-28-31(37)35-30(29(21(2)34-33(35)43-28)32(38)41-17-16-39-3)24-11-13-25(14-12-24)42-20-22-8-6-5-7-9-22/h5-15,18-19,30,36H,4,16-17,20H2,1-3H3/b28-19-. The highest BCUT2D eigenvalue weighted by molar-refractivity contribution is 7.07. The van der Waals surface area contributed by atoms with Gasteiger partial charge in [0.1, 0.15) is 19.0 Å². The molecule has 1 aliphatic rings. The van der Waals surface area contributed by atoms with Crippen LogP contribution in [0.3, 0.4) is 0 Å². The lowest BCUT2D eigenvalue weighted by atomic mass is 9.96. The van der Waals surface area contributed by atoms with Gasteiger partial charge in [0, 0.05) is 7.11 Å². The number of phenols is 1. The van der Waals surface area contributed by atoms with Crippen molar-refractivity contribution in [3.8, 4) is 17.2 Å². The molecular weight excluding hydrogens is 568 g/mol. The number of carbonyl (C=O) groups is 1. The fraction of sp³-hybridized carbons (Fsp3) is 0.242. The Labute approximate surface area is 252 Å². The zero-order valence-electron chi connectivity index (χ0n) is 24.1. The average molecular weight is 601 g/mol. The minimum Gasteiger partial charge on any atom is -0.504 e. The summed E-state index contributed by atoms with van der Waals surface area (Å²) in [5.41, 5.74) is 2.86. The quantitative estimate of drug-likeness (QED) is 0.204. The molecule has 0 radical (unpaired) electrons. The summed E-state index contributed by atoms with van der Waals surface area (Å²) in [6.07, 6.45) is 1.72. The summed E-state index contributed by atoms with van der Waals surface area (Å²) in [5, 5.41) is 10.1. The summed E-state index contributed by atoms with van der Waals surface area (Å²) in [5.74, 6) is 0.432. The molecule has 1 aromatic heterocycles. The van der Waals surface area contributed by atoms with Gasteiger partial charge in [-0.3, -0.25) is 9.36 Å². The smallest absolute Gasteiger partial charge is 0.338 e. The van der Waals surface area contributed by atoms with E-state index in [1.165, 1.54) is 29.1 Å². The number of carbonyl (C=O) groups excluding carboxylic acids is 1. The molecule has 0 spiro atoms. The van der Waals surface area contributed by atoms with Crippen molar-refractivity contribution >= 4 is 23.4 Å². The highest BCUT2D eigenvalue weighted by Crippen LogP contribution is 2.32. The molecule has 0 amide bonds. The van der Waals surface area contributed by atoms with Crippen LogP contribution in [0.25, 0.3) is 6.08 Å². The zero-order valence-corrected chi connectivity index (χ0v) is 24.9. The lowest BCUT2D eigenvalue weighted by Gasteiger charge is -2.25. The van der Waals surface area contributed by atoms with Crippen molar-refractivity contribution in [2.75, 3.05) is 26.9 Å². The van der Waals surface area contributed by atoms with Crippen LogP contribution in [0.15, 0.2) is 93.9 Å². The largest absolute Gasteiger partial charge is 0.504 e. The molecule has 9 nitrogen and oxygen atoms in total. The first-order chi connectivity index (χ1) is 20.9. The molecule has 0 saturated heterocycles. The monoisotopic (exact) mass is 600 g/mol. The van der Waals surface area contributed by atoms with Crippen molar-refractivity contribution in [1.29, 1.82) is 0 Å². The predicted octanol–water partition coefficient (Wildman–Crippen LogP) is 4.11. The van der Waals surface area contributed by atoms with Crippen LogP contribution in [0, 0.1) is 0 Å². The van der Waals surface area contributed by atoms with Crippen LogP contribution in [-0.2, 0) is 20.9 Å². The van der Waals surface area contributed by atoms with E-state index in [1.54, 1.807) is 25.1 Å². The molecule has 1 aliphatic heterocycles. The summed E-state index contributed by atoms with van der Waals surface area (Å²) in [6, 6.07) is 21.3. The van der Waals surface area contributed by atoms with Gasteiger partial charge < -0.3 is 24.1 Å². The molecule has 2 heterocycles. The summed E-state index contributed by atoms with van der Waals surface area (Å²) >= 11 is 1.22. The average Bonchev–Trinajstić information content (AvgIpc) is 3.31. The molecule has 4 aromatic rings. The van der Waals surface area contributed by atoms with Gasteiger partial charge in [0.15, 0.2) is 16.3 Å². The second-order valence-electron chi connectivity index (χ2n) is 9.71. The molecule has 1 N–H and O–H groups in total. The highest BCUT2D eigenvalue weighted by atomic mass is 32.1. The van der Waals surface area contributed by atoms with Crippen LogP contribution in [0.1, 0.15) is 36.6 Å². The molecule has 5 rings (SSSR count). The Kier molecular flexibility index (Phi) is 9.38. The summed E-state index contributed by atoms with van der Waals surface area (Å²) in [4.78, 5) is 32.4. The van der Waals surface area contributed by atoms with E-state index in [1.807, 2.05) is 61.5 Å². The minimum atomic E-state index is -0.768. The lowest BCUT2D eigenvalue weighted by molar-refractivity contribution is -0.140. The van der Waals surface area contributed by atoms with Gasteiger partial charge >= 0.3 is 5.97 Å². The van der Waals surface area contributed by atoms with E-state index in [0.29, 0.717) is 50.9 Å². The number of hydrogen-bond donors (Lipinski definition) is 1. The van der Waals surface area contributed by atoms with E-state index in [-0.39, 0.29) is 30.1 Å². The number of ether oxygens (including phenoxy) is 4. The number of nitrogens with zero attached hydrogens (tertiary/aromatic N) is 2. The van der Waals surface area contributed by atoms with Crippen LogP contribution in [0.5, 0.6) is 17.2 Å². The van der Waals surface area contributed by atoms with Crippen molar-refractivity contribution in [2.45, 2.75) is 26.5 Å². The van der Waals surface area contributed by atoms with Gasteiger partial charge in [0.25, 0.3) is 5.56 Å². The van der Waals surface area contributed by atoms with E-state index >= 15 is 0 Å². The number of phenolic OH excluding ortho intramolecular Hbond substituents is 1. The summed E-state index contributed by atoms with van der Waals surface area (Å²) in [6.45, 7) is 4.67. The van der Waals surface area contributed by atoms with Crippen LogP contribution >= 0.6 is 11.3 Å². The van der Waals surface area contributed by atoms with Gasteiger partial charge in [-0.05, 0) is 60.9 Å². The minimum absolute atomic E-state index is 0.0175. The second-order valence-corrected chi connectivity index (χ2v) is 10.7. The van der Waals surface area contributed by atoms with Gasteiger partial charge in [0.2, 0.25) is 0 Å².